The van der Waals surface area contributed by atoms with Crippen molar-refractivity contribution in [1.82, 2.24) is 29.5 Å². The van der Waals surface area contributed by atoms with Gasteiger partial charge in [-0.3, -0.25) is 15.0 Å². The van der Waals surface area contributed by atoms with Crippen LogP contribution in [0, 0.1) is 0 Å². The highest BCUT2D eigenvalue weighted by Crippen LogP contribution is 2.25. The first-order chi connectivity index (χ1) is 19.7. The Morgan fingerprint density at radius 3 is 2.41 bits per heavy atom. The average Bonchev–Trinajstić information content (AvgIpc) is 3.61. The summed E-state index contributed by atoms with van der Waals surface area (Å²) in [7, 11) is 2.18. The zero-order valence-corrected chi connectivity index (χ0v) is 25.2. The summed E-state index contributed by atoms with van der Waals surface area (Å²) in [5.41, 5.74) is 4.38. The summed E-state index contributed by atoms with van der Waals surface area (Å²) in [5.74, 6) is 1.32. The van der Waals surface area contributed by atoms with Crippen LogP contribution in [0.4, 0.5) is 16.3 Å². The number of ether oxygens (including phenoxy) is 1. The highest BCUT2D eigenvalue weighted by molar-refractivity contribution is 5.99. The van der Waals surface area contributed by atoms with E-state index in [2.05, 4.69) is 63.4 Å². The van der Waals surface area contributed by atoms with Crippen LogP contribution in [0.3, 0.4) is 0 Å². The second-order valence-corrected chi connectivity index (χ2v) is 11.2. The topological polar surface area (TPSA) is 103 Å². The fraction of sp³-hybridized carbons (Fsp3) is 0.452. The molecule has 3 N–H and O–H groups in total. The molecule has 2 aromatic carbocycles. The van der Waals surface area contributed by atoms with E-state index in [-0.39, 0.29) is 11.4 Å². The summed E-state index contributed by atoms with van der Waals surface area (Å²) in [6, 6.07) is 15.1. The molecule has 0 atom stereocenters. The molecule has 0 radical (unpaired) electrons. The van der Waals surface area contributed by atoms with Crippen LogP contribution in [-0.2, 0) is 5.41 Å². The molecule has 0 unspecified atom stereocenters. The first-order valence-corrected chi connectivity index (χ1v) is 14.5. The smallest absolute Gasteiger partial charge is 0.324 e. The molecule has 41 heavy (non-hydrogen) atoms. The minimum absolute atomic E-state index is 0.0736. The average molecular weight is 561 g/mol. The third-order valence-electron chi connectivity index (χ3n) is 7.03. The monoisotopic (exact) mass is 560 g/mol. The van der Waals surface area contributed by atoms with Crippen molar-refractivity contribution in [3.63, 3.8) is 0 Å². The lowest BCUT2D eigenvalue weighted by molar-refractivity contribution is 0.145. The van der Waals surface area contributed by atoms with Crippen molar-refractivity contribution < 1.29 is 9.53 Å². The fourth-order valence-electron chi connectivity index (χ4n) is 4.59. The molecule has 2 aromatic heterocycles. The molecule has 1 aliphatic rings. The van der Waals surface area contributed by atoms with Crippen LogP contribution in [0.25, 0.3) is 16.7 Å². The predicted molar refractivity (Wildman–Crippen MR) is 166 cm³/mol. The number of aromatic amines is 1. The lowest BCUT2D eigenvalue weighted by Gasteiger charge is -2.32. The molecular formula is C31H44N8O2. The number of anilines is 2. The van der Waals surface area contributed by atoms with Gasteiger partial charge in [0, 0.05) is 67.3 Å². The van der Waals surface area contributed by atoms with Crippen LogP contribution in [0.1, 0.15) is 46.7 Å². The molecule has 220 valence electrons. The van der Waals surface area contributed by atoms with Gasteiger partial charge >= 0.3 is 6.03 Å². The quantitative estimate of drug-likeness (QED) is 0.238. The maximum Gasteiger partial charge on any atom is 0.324 e. The number of fused-ring (bicyclic) bond motifs is 1. The van der Waals surface area contributed by atoms with Gasteiger partial charge in [-0.2, -0.15) is 5.10 Å². The van der Waals surface area contributed by atoms with Gasteiger partial charge < -0.3 is 19.9 Å². The number of piperazine rings is 1. The summed E-state index contributed by atoms with van der Waals surface area (Å²) >= 11 is 0. The number of benzene rings is 2. The van der Waals surface area contributed by atoms with Crippen molar-refractivity contribution >= 4 is 28.6 Å². The molecular weight excluding hydrogens is 516 g/mol. The number of nitrogens with zero attached hydrogens (tertiary/aromatic N) is 5. The summed E-state index contributed by atoms with van der Waals surface area (Å²) in [5, 5.41) is 12.8. The van der Waals surface area contributed by atoms with E-state index in [0.29, 0.717) is 18.1 Å². The molecule has 0 spiro atoms. The number of H-pyrrole nitrogens is 1. The predicted octanol–water partition coefficient (Wildman–Crippen LogP) is 5.73. The van der Waals surface area contributed by atoms with Crippen molar-refractivity contribution in [3.05, 3.63) is 60.6 Å². The molecule has 3 heterocycles. The standard InChI is InChI=1S/C29H38N8O2.C2H6/c1-29(2,3)26-19-27(34-33-26)32-28(38)31-21-6-8-22(9-7-21)37-20-30-24-18-23(10-11-25(24)37)39-17-5-12-36-15-13-35(4)14-16-36;1-2/h6-11,18-20H,5,12-17H2,1-4H3,(H3,31,32,33,34,38);1-2H3. The van der Waals surface area contributed by atoms with E-state index in [1.54, 1.807) is 6.33 Å². The third kappa shape index (κ3) is 8.08. The van der Waals surface area contributed by atoms with Gasteiger partial charge in [-0.05, 0) is 49.9 Å². The Morgan fingerprint density at radius 2 is 1.73 bits per heavy atom. The lowest BCUT2D eigenvalue weighted by Crippen LogP contribution is -2.44. The molecule has 5 rings (SSSR count). The molecule has 1 aliphatic heterocycles. The highest BCUT2D eigenvalue weighted by Gasteiger charge is 2.17. The summed E-state index contributed by atoms with van der Waals surface area (Å²) in [6.45, 7) is 16.6. The van der Waals surface area contributed by atoms with E-state index in [9.17, 15) is 4.79 Å². The Labute approximate surface area is 243 Å². The Morgan fingerprint density at radius 1 is 1.00 bits per heavy atom. The normalized spacial score (nSPS) is 14.4. The van der Waals surface area contributed by atoms with Gasteiger partial charge in [0.15, 0.2) is 5.82 Å². The lowest BCUT2D eigenvalue weighted by atomic mass is 9.92. The first-order valence-electron chi connectivity index (χ1n) is 14.5. The van der Waals surface area contributed by atoms with Crippen LogP contribution >= 0.6 is 0 Å². The summed E-state index contributed by atoms with van der Waals surface area (Å²) in [4.78, 5) is 21.9. The van der Waals surface area contributed by atoms with Crippen molar-refractivity contribution in [2.24, 2.45) is 0 Å². The van der Waals surface area contributed by atoms with E-state index < -0.39 is 0 Å². The second kappa shape index (κ2) is 13.6. The number of nitrogens with one attached hydrogen (secondary N) is 3. The Kier molecular flexibility index (Phi) is 10.0. The van der Waals surface area contributed by atoms with Gasteiger partial charge in [-0.15, -0.1) is 0 Å². The SMILES string of the molecule is CC.CN1CCN(CCCOc2ccc3c(c2)ncn3-c2ccc(NC(=O)Nc3cc(C(C)(C)C)[nH]n3)cc2)CC1. The van der Waals surface area contributed by atoms with E-state index in [0.717, 1.165) is 67.3 Å². The number of rotatable bonds is 8. The molecule has 10 nitrogen and oxygen atoms in total. The molecule has 10 heteroatoms. The highest BCUT2D eigenvalue weighted by atomic mass is 16.5. The third-order valence-corrected chi connectivity index (χ3v) is 7.03. The molecule has 0 bridgehead atoms. The van der Waals surface area contributed by atoms with Gasteiger partial charge in [0.2, 0.25) is 0 Å². The number of imidazole rings is 1. The number of carbonyl (C=O) groups excluding carboxylic acids is 1. The zero-order valence-electron chi connectivity index (χ0n) is 25.2. The minimum Gasteiger partial charge on any atom is -0.493 e. The molecule has 4 aromatic rings. The summed E-state index contributed by atoms with van der Waals surface area (Å²) in [6.07, 6.45) is 2.82. The molecule has 0 aliphatic carbocycles. The van der Waals surface area contributed by atoms with Crippen LogP contribution < -0.4 is 15.4 Å². The van der Waals surface area contributed by atoms with Gasteiger partial charge in [0.25, 0.3) is 0 Å². The molecule has 2 amide bonds. The van der Waals surface area contributed by atoms with Gasteiger partial charge in [-0.1, -0.05) is 34.6 Å². The van der Waals surface area contributed by atoms with Crippen LogP contribution in [0.5, 0.6) is 5.75 Å². The zero-order chi connectivity index (χ0) is 29.4. The number of likely N-dealkylation sites (N-methyl/N-ethyl adjacent to an activating group) is 1. The van der Waals surface area contributed by atoms with E-state index >= 15 is 0 Å². The van der Waals surface area contributed by atoms with Crippen molar-refractivity contribution in [2.45, 2.75) is 46.5 Å². The second-order valence-electron chi connectivity index (χ2n) is 11.2. The molecule has 0 saturated carbocycles. The van der Waals surface area contributed by atoms with Gasteiger partial charge in [0.05, 0.1) is 17.6 Å². The number of amides is 2. The summed E-state index contributed by atoms with van der Waals surface area (Å²) < 4.78 is 8.04. The fourth-order valence-corrected chi connectivity index (χ4v) is 4.59. The van der Waals surface area contributed by atoms with Gasteiger partial charge in [0.1, 0.15) is 12.1 Å². The van der Waals surface area contributed by atoms with Crippen molar-refractivity contribution in [3.8, 4) is 11.4 Å². The number of aromatic nitrogens is 4. The van der Waals surface area contributed by atoms with Crippen molar-refractivity contribution in [2.75, 3.05) is 57.0 Å². The number of hydrogen-bond acceptors (Lipinski definition) is 6. The largest absolute Gasteiger partial charge is 0.493 e. The van der Waals surface area contributed by atoms with Crippen LogP contribution in [-0.4, -0.2) is 82.0 Å². The van der Waals surface area contributed by atoms with Crippen LogP contribution in [0.2, 0.25) is 0 Å². The maximum absolute atomic E-state index is 12.4. The minimum atomic E-state index is -0.348. The van der Waals surface area contributed by atoms with Gasteiger partial charge in [-0.25, -0.2) is 9.78 Å². The number of carbonyl (C=O) groups is 1. The van der Waals surface area contributed by atoms with E-state index in [1.165, 1.54) is 0 Å². The maximum atomic E-state index is 12.4. The van der Waals surface area contributed by atoms with Crippen LogP contribution in [0.15, 0.2) is 54.9 Å². The first kappa shape index (κ1) is 30.1. The van der Waals surface area contributed by atoms with E-state index in [1.807, 2.05) is 66.9 Å². The van der Waals surface area contributed by atoms with Crippen molar-refractivity contribution in [1.29, 1.82) is 0 Å². The Bertz CT molecular complexity index is 1400. The number of hydrogen-bond donors (Lipinski definition) is 3. The Hall–Kier alpha value is -3.89. The molecule has 1 fully saturated rings. The van der Waals surface area contributed by atoms with E-state index in [4.69, 9.17) is 4.74 Å². The Balaban J connectivity index is 0.00000189. The molecule has 1 saturated heterocycles. The number of urea groups is 1.